The maximum Gasteiger partial charge on any atom is 0.308 e. The molecule has 0 saturated carbocycles. The van der Waals surface area contributed by atoms with E-state index >= 15 is 0 Å². The van der Waals surface area contributed by atoms with Crippen LogP contribution in [-0.2, 0) is 11.2 Å². The molecule has 0 fully saturated rings. The molecule has 0 atom stereocenters. The van der Waals surface area contributed by atoms with Gasteiger partial charge in [-0.25, -0.2) is 0 Å². The van der Waals surface area contributed by atoms with Crippen LogP contribution in [0.15, 0.2) is 49.1 Å². The van der Waals surface area contributed by atoms with E-state index in [1.807, 2.05) is 0 Å². The summed E-state index contributed by atoms with van der Waals surface area (Å²) < 4.78 is 5.11. The second-order valence-electron chi connectivity index (χ2n) is 5.26. The van der Waals surface area contributed by atoms with E-state index in [4.69, 9.17) is 4.74 Å². The lowest BCUT2D eigenvalue weighted by atomic mass is 9.81. The number of rotatable bonds is 3. The summed E-state index contributed by atoms with van der Waals surface area (Å²) in [4.78, 5) is 37.0. The predicted molar refractivity (Wildman–Crippen MR) is 85.0 cm³/mol. The van der Waals surface area contributed by atoms with Crippen LogP contribution < -0.4 is 4.74 Å². The number of esters is 1. The minimum Gasteiger partial charge on any atom is -0.426 e. The van der Waals surface area contributed by atoms with Gasteiger partial charge in [0.2, 0.25) is 0 Å². The predicted octanol–water partition coefficient (Wildman–Crippen LogP) is 3.12. The van der Waals surface area contributed by atoms with Crippen molar-refractivity contribution >= 4 is 17.5 Å². The van der Waals surface area contributed by atoms with E-state index < -0.39 is 5.97 Å². The van der Waals surface area contributed by atoms with Crippen LogP contribution >= 0.6 is 0 Å². The lowest BCUT2D eigenvalue weighted by Gasteiger charge is -2.21. The van der Waals surface area contributed by atoms with Crippen LogP contribution in [-0.4, -0.2) is 17.5 Å². The third-order valence-electron chi connectivity index (χ3n) is 3.74. The van der Waals surface area contributed by atoms with Gasteiger partial charge in [0.25, 0.3) is 0 Å². The van der Waals surface area contributed by atoms with Crippen molar-refractivity contribution in [1.82, 2.24) is 0 Å². The summed E-state index contributed by atoms with van der Waals surface area (Å²) in [6.07, 6.45) is 2.16. The average Bonchev–Trinajstić information content (AvgIpc) is 2.52. The van der Waals surface area contributed by atoms with Crippen molar-refractivity contribution in [1.29, 1.82) is 0 Å². The molecule has 2 aromatic rings. The van der Waals surface area contributed by atoms with Crippen LogP contribution in [0.1, 0.15) is 44.3 Å². The summed E-state index contributed by atoms with van der Waals surface area (Å²) in [5, 5.41) is 0. The molecule has 0 spiro atoms. The van der Waals surface area contributed by atoms with Gasteiger partial charge in [0.15, 0.2) is 11.6 Å². The van der Waals surface area contributed by atoms with Gasteiger partial charge in [-0.1, -0.05) is 36.4 Å². The molecule has 0 unspecified atom stereocenters. The molecular formula is C19H14O4. The Balaban J connectivity index is 2.26. The minimum atomic E-state index is -0.538. The number of carbonyl (C=O) groups is 3. The second-order valence-corrected chi connectivity index (χ2v) is 5.26. The van der Waals surface area contributed by atoms with E-state index in [1.165, 1.54) is 13.0 Å². The Morgan fingerprint density at radius 2 is 1.70 bits per heavy atom. The van der Waals surface area contributed by atoms with Crippen LogP contribution in [0.2, 0.25) is 0 Å². The summed E-state index contributed by atoms with van der Waals surface area (Å²) in [6, 6.07) is 9.89. The first kappa shape index (κ1) is 14.9. The molecule has 23 heavy (non-hydrogen) atoms. The molecule has 114 valence electrons. The molecular weight excluding hydrogens is 292 g/mol. The van der Waals surface area contributed by atoms with Gasteiger partial charge in [-0.3, -0.25) is 14.4 Å². The molecule has 0 bridgehead atoms. The van der Waals surface area contributed by atoms with Gasteiger partial charge in [-0.2, -0.15) is 0 Å². The molecule has 1 aliphatic carbocycles. The highest BCUT2D eigenvalue weighted by Crippen LogP contribution is 2.34. The van der Waals surface area contributed by atoms with Gasteiger partial charge in [0.05, 0.1) is 5.56 Å². The van der Waals surface area contributed by atoms with Crippen molar-refractivity contribution in [2.75, 3.05) is 0 Å². The van der Waals surface area contributed by atoms with Crippen LogP contribution in [0.4, 0.5) is 0 Å². The largest absolute Gasteiger partial charge is 0.426 e. The Labute approximate surface area is 133 Å². The Bertz CT molecular complexity index is 862. The lowest BCUT2D eigenvalue weighted by Crippen LogP contribution is -2.24. The van der Waals surface area contributed by atoms with E-state index in [9.17, 15) is 14.4 Å². The highest BCUT2D eigenvalue weighted by Gasteiger charge is 2.33. The summed E-state index contributed by atoms with van der Waals surface area (Å²) in [5.74, 6) is -0.963. The van der Waals surface area contributed by atoms with Gasteiger partial charge in [0.1, 0.15) is 5.75 Å². The summed E-state index contributed by atoms with van der Waals surface area (Å²) in [5.41, 5.74) is 1.89. The average molecular weight is 306 g/mol. The first-order chi connectivity index (χ1) is 11.0. The monoisotopic (exact) mass is 306 g/mol. The Morgan fingerprint density at radius 1 is 1.04 bits per heavy atom. The normalized spacial score (nSPS) is 12.4. The van der Waals surface area contributed by atoms with Crippen LogP contribution in [0, 0.1) is 0 Å². The highest BCUT2D eigenvalue weighted by atomic mass is 16.5. The molecule has 4 nitrogen and oxygen atoms in total. The van der Waals surface area contributed by atoms with E-state index in [0.717, 1.165) is 5.56 Å². The fourth-order valence-corrected chi connectivity index (χ4v) is 2.85. The maximum absolute atomic E-state index is 13.0. The van der Waals surface area contributed by atoms with Gasteiger partial charge in [-0.05, 0) is 18.1 Å². The standard InChI is InChI=1S/C19H14O4/c1-3-6-12-7-4-8-13-16(12)19(22)17-14(18(13)21)9-5-10-15(17)23-11(2)20/h3-5,7-10H,1,6H2,2H3. The fraction of sp³-hybridized carbons (Fsp3) is 0.105. The van der Waals surface area contributed by atoms with Crippen molar-refractivity contribution in [2.24, 2.45) is 0 Å². The van der Waals surface area contributed by atoms with E-state index in [1.54, 1.807) is 36.4 Å². The molecule has 0 heterocycles. The van der Waals surface area contributed by atoms with Gasteiger partial charge >= 0.3 is 5.97 Å². The third kappa shape index (κ3) is 2.38. The highest BCUT2D eigenvalue weighted by molar-refractivity contribution is 6.29. The Kier molecular flexibility index (Phi) is 3.66. The van der Waals surface area contributed by atoms with Crippen LogP contribution in [0.25, 0.3) is 0 Å². The first-order valence-corrected chi connectivity index (χ1v) is 7.18. The molecule has 0 radical (unpaired) electrons. The summed E-state index contributed by atoms with van der Waals surface area (Å²) in [6.45, 7) is 4.94. The number of benzene rings is 2. The maximum atomic E-state index is 13.0. The molecule has 0 saturated heterocycles. The van der Waals surface area contributed by atoms with E-state index in [2.05, 4.69) is 6.58 Å². The van der Waals surface area contributed by atoms with Crippen molar-refractivity contribution in [3.05, 3.63) is 76.9 Å². The van der Waals surface area contributed by atoms with E-state index in [-0.39, 0.29) is 28.4 Å². The number of allylic oxidation sites excluding steroid dienone is 1. The molecule has 2 aromatic carbocycles. The van der Waals surface area contributed by atoms with Crippen molar-refractivity contribution < 1.29 is 19.1 Å². The number of hydrogen-bond donors (Lipinski definition) is 0. The van der Waals surface area contributed by atoms with Crippen LogP contribution in [0.5, 0.6) is 5.75 Å². The van der Waals surface area contributed by atoms with Gasteiger partial charge < -0.3 is 4.74 Å². The smallest absolute Gasteiger partial charge is 0.308 e. The third-order valence-corrected chi connectivity index (χ3v) is 3.74. The summed E-state index contributed by atoms with van der Waals surface area (Å²) in [7, 11) is 0. The Morgan fingerprint density at radius 3 is 2.35 bits per heavy atom. The SMILES string of the molecule is C=CCc1cccc2c1C(=O)c1c(OC(C)=O)cccc1C2=O. The van der Waals surface area contributed by atoms with Gasteiger partial charge in [0, 0.05) is 23.6 Å². The number of hydrogen-bond acceptors (Lipinski definition) is 4. The van der Waals surface area contributed by atoms with Crippen LogP contribution in [0.3, 0.4) is 0 Å². The van der Waals surface area contributed by atoms with Crippen molar-refractivity contribution in [3.63, 3.8) is 0 Å². The molecule has 0 aromatic heterocycles. The number of carbonyl (C=O) groups excluding carboxylic acids is 3. The summed E-state index contributed by atoms with van der Waals surface area (Å²) >= 11 is 0. The first-order valence-electron chi connectivity index (χ1n) is 7.18. The van der Waals surface area contributed by atoms with Crippen molar-refractivity contribution in [3.8, 4) is 5.75 Å². The topological polar surface area (TPSA) is 60.4 Å². The van der Waals surface area contributed by atoms with Crippen molar-refractivity contribution in [2.45, 2.75) is 13.3 Å². The number of fused-ring (bicyclic) bond motifs is 2. The molecule has 1 aliphatic rings. The molecule has 3 rings (SSSR count). The molecule has 4 heteroatoms. The number of ether oxygens (including phenoxy) is 1. The minimum absolute atomic E-state index is 0.118. The molecule has 0 aliphatic heterocycles. The number of ketones is 2. The Hall–Kier alpha value is -3.01. The van der Waals surface area contributed by atoms with Gasteiger partial charge in [-0.15, -0.1) is 6.58 Å². The zero-order chi connectivity index (χ0) is 16.6. The van der Waals surface area contributed by atoms with E-state index in [0.29, 0.717) is 17.5 Å². The lowest BCUT2D eigenvalue weighted by molar-refractivity contribution is -0.131. The zero-order valence-electron chi connectivity index (χ0n) is 12.6. The quantitative estimate of drug-likeness (QED) is 0.424. The second kappa shape index (κ2) is 5.65. The fourth-order valence-electron chi connectivity index (χ4n) is 2.85. The molecule has 0 amide bonds. The molecule has 0 N–H and O–H groups in total. The zero-order valence-corrected chi connectivity index (χ0v) is 12.6.